The van der Waals surface area contributed by atoms with E-state index in [1.54, 1.807) is 12.1 Å². The fourth-order valence-corrected chi connectivity index (χ4v) is 15.4. The van der Waals surface area contributed by atoms with Gasteiger partial charge in [-0.1, -0.05) is 337 Å². The summed E-state index contributed by atoms with van der Waals surface area (Å²) < 4.78 is 26.3. The van der Waals surface area contributed by atoms with Crippen LogP contribution < -0.4 is 48.6 Å². The predicted octanol–water partition coefficient (Wildman–Crippen LogP) is 23.0. The molecule has 6 heterocycles. The van der Waals surface area contributed by atoms with Gasteiger partial charge >= 0.3 is 44.8 Å². The van der Waals surface area contributed by atoms with Crippen molar-refractivity contribution in [1.82, 2.24) is 44.9 Å². The van der Waals surface area contributed by atoms with Crippen molar-refractivity contribution in [2.75, 3.05) is 13.2 Å². The van der Waals surface area contributed by atoms with Gasteiger partial charge in [-0.05, 0) is 153 Å². The van der Waals surface area contributed by atoms with Crippen molar-refractivity contribution in [3.8, 4) is 125 Å². The normalized spacial score (nSPS) is 13.2. The first-order valence-corrected chi connectivity index (χ1v) is 45.7. The van der Waals surface area contributed by atoms with Gasteiger partial charge in [-0.3, -0.25) is 4.79 Å². The first kappa shape index (κ1) is 99.2. The zero-order valence-corrected chi connectivity index (χ0v) is 80.7. The molecule has 14 nitrogen and oxygen atoms in total. The molecular weight excluding hydrogens is 1920 g/mol. The minimum Gasteiger partial charge on any atom is -0.456 e. The quantitative estimate of drug-likeness (QED) is 0.0351. The summed E-state index contributed by atoms with van der Waals surface area (Å²) in [6.07, 6.45) is 4.83. The first-order valence-electron chi connectivity index (χ1n) is 41.9. The number of nitrogens with zero attached hydrogens (tertiary/aromatic N) is 9. The summed E-state index contributed by atoms with van der Waals surface area (Å²) in [5.74, 6) is 5.56. The Morgan fingerprint density at radius 3 is 1.09 bits per heavy atom. The molecule has 0 saturated carbocycles. The van der Waals surface area contributed by atoms with Crippen LogP contribution in [0.3, 0.4) is 0 Å². The predicted molar refractivity (Wildman–Crippen MR) is 543 cm³/mol. The Hall–Kier alpha value is -10.9. The van der Waals surface area contributed by atoms with Gasteiger partial charge in [0.25, 0.3) is 0 Å². The summed E-state index contributed by atoms with van der Waals surface area (Å²) in [4.78, 5) is 55.5. The van der Waals surface area contributed by atoms with E-state index in [0.29, 0.717) is 84.4 Å². The van der Waals surface area contributed by atoms with Crippen LogP contribution in [-0.2, 0) is 14.0 Å². The van der Waals surface area contributed by atoms with E-state index in [4.69, 9.17) is 98.1 Å². The summed E-state index contributed by atoms with van der Waals surface area (Å²) in [6, 6.07) is 119. The summed E-state index contributed by atoms with van der Waals surface area (Å²) in [5, 5.41) is 3.38. The van der Waals surface area contributed by atoms with Gasteiger partial charge in [0.15, 0.2) is 52.4 Å². The van der Waals surface area contributed by atoms with E-state index < -0.39 is 18.3 Å². The molecule has 14 aromatic carbocycles. The van der Waals surface area contributed by atoms with Crippen LogP contribution in [0.4, 0.5) is 0 Å². The van der Waals surface area contributed by atoms with Crippen LogP contribution >= 0.6 is 89.3 Å². The zero-order valence-electron chi connectivity index (χ0n) is 73.1. The van der Waals surface area contributed by atoms with Gasteiger partial charge in [0.1, 0.15) is 16.8 Å². The number of hydrogen-bond acceptors (Lipinski definition) is 14. The molecule has 0 spiro atoms. The smallest absolute Gasteiger partial charge is 0.456 e. The number of para-hydroxylation sites is 2. The minimum absolute atomic E-state index is 0. The summed E-state index contributed by atoms with van der Waals surface area (Å²) >= 11 is 27.5. The largest absolute Gasteiger partial charge is 1.00 e. The molecule has 0 amide bonds. The van der Waals surface area contributed by atoms with Crippen LogP contribution in [-0.4, -0.2) is 76.4 Å². The Morgan fingerprint density at radius 2 is 0.725 bits per heavy atom. The molecule has 0 N–H and O–H groups in total. The third-order valence-electron chi connectivity index (χ3n) is 20.8. The Kier molecular flexibility index (Phi) is 36.7. The molecule has 1 atom stereocenters. The minimum atomic E-state index is -0.686. The maximum atomic E-state index is 12.0. The summed E-state index contributed by atoms with van der Waals surface area (Å²) in [5.41, 5.74) is 13.0. The van der Waals surface area contributed by atoms with Gasteiger partial charge in [0.05, 0.1) is 17.7 Å². The Labute approximate surface area is 834 Å². The molecule has 20 rings (SSSR count). The topological polar surface area (TPSA) is 174 Å². The van der Waals surface area contributed by atoms with E-state index in [2.05, 4.69) is 87.4 Å². The van der Waals surface area contributed by atoms with Crippen molar-refractivity contribution in [2.45, 2.75) is 64.6 Å². The second kappa shape index (κ2) is 48.5. The number of halogens is 6. The molecular formula is C108H87BBr2Cl3ILi2N9O5+. The van der Waals surface area contributed by atoms with E-state index in [1.165, 1.54) is 19.3 Å². The van der Waals surface area contributed by atoms with Gasteiger partial charge in [-0.25, -0.2) is 44.9 Å². The number of fused-ring (bicyclic) bond motifs is 2. The maximum absolute atomic E-state index is 12.0. The van der Waals surface area contributed by atoms with Crippen molar-refractivity contribution in [2.24, 2.45) is 0 Å². The molecule has 640 valence electrons. The van der Waals surface area contributed by atoms with Gasteiger partial charge < -0.3 is 25.4 Å². The number of unbranched alkanes of at least 4 members (excludes halogenated alkanes) is 1. The molecule has 1 unspecified atom stereocenters. The van der Waals surface area contributed by atoms with Crippen molar-refractivity contribution >= 4 is 124 Å². The number of benzene rings is 14. The fourth-order valence-electron chi connectivity index (χ4n) is 13.5. The Morgan fingerprint density at radius 1 is 0.397 bits per heavy atom. The number of ether oxygens (including phenoxy) is 1. The van der Waals surface area contributed by atoms with E-state index in [-0.39, 0.29) is 43.1 Å². The molecule has 2 aliphatic rings. The Bertz CT molecular complexity index is 6600. The molecule has 2 aliphatic heterocycles. The van der Waals surface area contributed by atoms with E-state index in [0.717, 1.165) is 115 Å². The van der Waals surface area contributed by atoms with Gasteiger partial charge in [0.2, 0.25) is 11.0 Å². The average molecular weight is 2010 g/mol. The van der Waals surface area contributed by atoms with Crippen molar-refractivity contribution < 1.29 is 56.2 Å². The number of hydrogen-bond donors (Lipinski definition) is 0. The van der Waals surface area contributed by atoms with Crippen molar-refractivity contribution in [3.05, 3.63) is 416 Å². The molecule has 0 bridgehead atoms. The van der Waals surface area contributed by atoms with Gasteiger partial charge in [-0.15, -0.1) is 41.4 Å². The second-order valence-electron chi connectivity index (χ2n) is 30.3. The molecule has 18 aromatic rings. The maximum Gasteiger partial charge on any atom is 1.00 e. The molecule has 131 heavy (non-hydrogen) atoms. The van der Waals surface area contributed by atoms with Crippen LogP contribution in [0.5, 0.6) is 0 Å². The number of aromatic nitrogens is 9. The second-order valence-corrected chi connectivity index (χ2v) is 34.5. The molecule has 2 saturated heterocycles. The van der Waals surface area contributed by atoms with E-state index >= 15 is 0 Å². The summed E-state index contributed by atoms with van der Waals surface area (Å²) in [7, 11) is -0.573. The van der Waals surface area contributed by atoms with Crippen molar-refractivity contribution in [3.63, 3.8) is 0 Å². The molecule has 0 radical (unpaired) electrons. The van der Waals surface area contributed by atoms with Crippen molar-refractivity contribution in [1.29, 1.82) is 0 Å². The molecule has 0 aliphatic carbocycles. The number of rotatable bonds is 13. The molecule has 2 fully saturated rings. The molecule has 4 aromatic heterocycles. The van der Waals surface area contributed by atoms with Crippen LogP contribution in [0, 0.1) is 23.5 Å². The third kappa shape index (κ3) is 26.3. The summed E-state index contributed by atoms with van der Waals surface area (Å²) in [6.45, 7) is 17.9. The monoisotopic (exact) mass is 2000 g/mol. The van der Waals surface area contributed by atoms with Gasteiger partial charge in [0, 0.05) is 87.2 Å². The standard InChI is InChI=1S/C27H25BN3O2.C27H17BrClN3.C27H17ClN3.C13H8O2.C6H3BrClI.C4H8O.C4H9.2Li/c1-26(2)27(3,4)33-28(32-26)22-18-12-11-17-21(22)25-30-23(19-13-7-5-8-14-19)29-24(31-25)20-15-9-6-10-16-20;28-24-16-15-20(29)17-23(24)21-13-7-8-14-22(21)27-31-25(18-9-3-1-4-10-18)30-26(32-27)19-11-5-2-6-12-19;28-22-15-9-14-21(18-22)23-16-7-8-17-24(23)27-30-25(19-10-3-1-4-11-19)29-26(31-27)20-12-5-2-6-13-20;14-13-9-5-1-3-7-11(9)15-12-8-4-2-6-10(12)13;7-5-2-1-4(8)3-6(5)9;1-2-4-5-3-1;1-3-4-2;;/h5-18H,1H2,2-4H3;1-17H;1-13,15-18H;1-8H;1-3H;1-4H2;1,3-4H2,2H3;;/q+1;;-1;;;;-1;2*+1. The first-order chi connectivity index (χ1) is 62.8. The zero-order chi connectivity index (χ0) is 90.1. The average Bonchev–Trinajstić information content (AvgIpc) is 1.75. The van der Waals surface area contributed by atoms with E-state index in [9.17, 15) is 4.79 Å². The van der Waals surface area contributed by atoms with Gasteiger partial charge in [-0.2, -0.15) is 6.42 Å². The van der Waals surface area contributed by atoms with Crippen LogP contribution in [0.15, 0.2) is 376 Å². The van der Waals surface area contributed by atoms with E-state index in [1.807, 2.05) is 360 Å². The third-order valence-corrected chi connectivity index (χ3v) is 24.5. The SMILES string of the molecule is C1CCOC1.Clc1cc[c-]c(-c2ccccc2-c2nc(-c3ccccc3)nc(-c3ccccc3)n2)c1.Clc1ccc(Br)c(-c2ccccc2-c2nc(-c3ccccc3)nc(-c3ccccc3)n2)c1.Clc1ccc(Br)c(I)c1.O=c1c2ccccc2oc2ccccc12.[CH2+]C1(C)OB(c2ccccc2-c2nc(-c3ccccc3)nc(-c3ccccc3)n2)OC1(C)C.[CH2-]CCC.[Li+].[Li+]. The Balaban J connectivity index is 0.000000150. The molecule has 23 heteroatoms. The fraction of sp³-hybridized carbons (Fsp3) is 0.111. The van der Waals surface area contributed by atoms with Crippen LogP contribution in [0.25, 0.3) is 147 Å². The van der Waals surface area contributed by atoms with Crippen LogP contribution in [0.2, 0.25) is 15.1 Å². The van der Waals surface area contributed by atoms with Crippen LogP contribution in [0.1, 0.15) is 53.4 Å².